The molecular weight excluding hydrogens is 628 g/mol. The van der Waals surface area contributed by atoms with E-state index in [4.69, 9.17) is 9.47 Å². The molecule has 2 amide bonds. The fourth-order valence-corrected chi connectivity index (χ4v) is 5.84. The van der Waals surface area contributed by atoms with Crippen molar-refractivity contribution in [3.05, 3.63) is 0 Å². The summed E-state index contributed by atoms with van der Waals surface area (Å²) in [4.78, 5) is 47.4. The van der Waals surface area contributed by atoms with Gasteiger partial charge >= 0.3 is 11.9 Å². The van der Waals surface area contributed by atoms with Crippen LogP contribution in [0.25, 0.3) is 0 Å². The summed E-state index contributed by atoms with van der Waals surface area (Å²) in [6.45, 7) is 10.8. The maximum Gasteiger partial charge on any atom is 0.305 e. The maximum atomic E-state index is 12.1. The van der Waals surface area contributed by atoms with Crippen LogP contribution in [0.3, 0.4) is 0 Å². The lowest BCUT2D eigenvalue weighted by Crippen LogP contribution is -2.24. The zero-order valence-electron chi connectivity index (χ0n) is 33.2. The third-order valence-electron chi connectivity index (χ3n) is 8.97. The highest BCUT2D eigenvalue weighted by atomic mass is 16.5. The Morgan fingerprint density at radius 2 is 0.600 bits per heavy atom. The SMILES string of the molecule is CC(C)COC(=O)CCCCCCCCCCCNC(=O)CCCCCCCCC(=O)NCCCCCCCCCCCC(=O)OCC(C)C. The number of amides is 2. The van der Waals surface area contributed by atoms with Crippen molar-refractivity contribution in [2.45, 2.75) is 207 Å². The first-order chi connectivity index (χ1) is 24.2. The predicted octanol–water partition coefficient (Wildman–Crippen LogP) is 10.5. The van der Waals surface area contributed by atoms with Gasteiger partial charge in [0.25, 0.3) is 0 Å². The lowest BCUT2D eigenvalue weighted by atomic mass is 10.1. The van der Waals surface area contributed by atoms with Gasteiger partial charge in [-0.15, -0.1) is 0 Å². The summed E-state index contributed by atoms with van der Waals surface area (Å²) in [5, 5.41) is 6.14. The summed E-state index contributed by atoms with van der Waals surface area (Å²) < 4.78 is 10.4. The van der Waals surface area contributed by atoms with E-state index in [-0.39, 0.29) is 23.8 Å². The highest BCUT2D eigenvalue weighted by molar-refractivity contribution is 5.76. The van der Waals surface area contributed by atoms with Crippen molar-refractivity contribution < 1.29 is 28.7 Å². The Morgan fingerprint density at radius 1 is 0.360 bits per heavy atom. The normalized spacial score (nSPS) is 11.2. The molecule has 8 heteroatoms. The molecule has 0 aromatic rings. The van der Waals surface area contributed by atoms with E-state index in [1.54, 1.807) is 0 Å². The highest BCUT2D eigenvalue weighted by Gasteiger charge is 2.06. The first-order valence-corrected chi connectivity index (χ1v) is 21.0. The number of esters is 2. The first kappa shape index (κ1) is 47.9. The average Bonchev–Trinajstić information content (AvgIpc) is 3.08. The minimum atomic E-state index is -0.0566. The van der Waals surface area contributed by atoms with Crippen molar-refractivity contribution in [2.24, 2.45) is 11.8 Å². The van der Waals surface area contributed by atoms with Crippen LogP contribution in [0, 0.1) is 11.8 Å². The van der Waals surface area contributed by atoms with Crippen LogP contribution in [-0.4, -0.2) is 50.1 Å². The van der Waals surface area contributed by atoms with Crippen LogP contribution in [0.5, 0.6) is 0 Å². The predicted molar refractivity (Wildman–Crippen MR) is 207 cm³/mol. The number of ether oxygens (including phenoxy) is 2. The van der Waals surface area contributed by atoms with Crippen molar-refractivity contribution in [3.63, 3.8) is 0 Å². The van der Waals surface area contributed by atoms with Crippen molar-refractivity contribution >= 4 is 23.8 Å². The first-order valence-electron chi connectivity index (χ1n) is 21.0. The molecule has 0 aliphatic carbocycles. The summed E-state index contributed by atoms with van der Waals surface area (Å²) in [5.74, 6) is 1.05. The summed E-state index contributed by atoms with van der Waals surface area (Å²) in [6, 6.07) is 0. The zero-order valence-corrected chi connectivity index (χ0v) is 33.2. The number of nitrogens with one attached hydrogen (secondary N) is 2. The Bertz CT molecular complexity index is 750. The van der Waals surface area contributed by atoms with Crippen molar-refractivity contribution in [2.75, 3.05) is 26.3 Å². The van der Waals surface area contributed by atoms with Crippen molar-refractivity contribution in [3.8, 4) is 0 Å². The monoisotopic (exact) mass is 709 g/mol. The molecule has 0 fully saturated rings. The molecule has 0 aliphatic rings. The third-order valence-corrected chi connectivity index (χ3v) is 8.97. The molecule has 0 atom stereocenters. The van der Waals surface area contributed by atoms with Gasteiger partial charge in [0.05, 0.1) is 13.2 Å². The van der Waals surface area contributed by atoms with Crippen LogP contribution in [0.1, 0.15) is 207 Å². The molecule has 2 N–H and O–H groups in total. The Kier molecular flexibility index (Phi) is 35.1. The Balaban J connectivity index is 3.31. The second-order valence-corrected chi connectivity index (χ2v) is 15.3. The molecular formula is C42H80N2O6. The van der Waals surface area contributed by atoms with Crippen molar-refractivity contribution in [1.29, 1.82) is 0 Å². The molecule has 0 unspecified atom stereocenters. The van der Waals surface area contributed by atoms with Crippen LogP contribution in [-0.2, 0) is 28.7 Å². The van der Waals surface area contributed by atoms with E-state index in [9.17, 15) is 19.2 Å². The van der Waals surface area contributed by atoms with Gasteiger partial charge in [-0.1, -0.05) is 143 Å². The van der Waals surface area contributed by atoms with Gasteiger partial charge in [0, 0.05) is 38.8 Å². The zero-order chi connectivity index (χ0) is 36.9. The highest BCUT2D eigenvalue weighted by Crippen LogP contribution is 2.13. The number of unbranched alkanes of at least 4 members (excludes halogenated alkanes) is 21. The van der Waals surface area contributed by atoms with E-state index >= 15 is 0 Å². The third kappa shape index (κ3) is 38.7. The largest absolute Gasteiger partial charge is 0.465 e. The van der Waals surface area contributed by atoms with Crippen LogP contribution in [0.15, 0.2) is 0 Å². The average molecular weight is 709 g/mol. The number of hydrogen-bond acceptors (Lipinski definition) is 6. The lowest BCUT2D eigenvalue weighted by molar-refractivity contribution is -0.145. The second kappa shape index (κ2) is 36.7. The smallest absolute Gasteiger partial charge is 0.305 e. The topological polar surface area (TPSA) is 111 Å². The summed E-state index contributed by atoms with van der Waals surface area (Å²) in [7, 11) is 0. The van der Waals surface area contributed by atoms with Gasteiger partial charge in [0.15, 0.2) is 0 Å². The molecule has 0 saturated heterocycles. The van der Waals surface area contributed by atoms with E-state index in [0.29, 0.717) is 50.7 Å². The minimum Gasteiger partial charge on any atom is -0.465 e. The van der Waals surface area contributed by atoms with E-state index in [1.165, 1.54) is 77.0 Å². The van der Waals surface area contributed by atoms with E-state index in [0.717, 1.165) is 90.1 Å². The molecule has 0 aromatic heterocycles. The standard InChI is InChI=1S/C42H80N2O6/c1-37(2)35-49-41(47)31-25-19-11-7-5-9-15-21-27-33-43-39(45)29-23-17-13-14-18-24-30-40(46)44-34-28-22-16-10-6-8-12-20-26-32-42(48)50-36-38(3)4/h37-38H,5-36H2,1-4H3,(H,43,45)(H,44,46). The Labute approximate surface area is 308 Å². The fourth-order valence-electron chi connectivity index (χ4n) is 5.84. The van der Waals surface area contributed by atoms with E-state index < -0.39 is 0 Å². The number of carbonyl (C=O) groups is 4. The van der Waals surface area contributed by atoms with Gasteiger partial charge in [0.1, 0.15) is 0 Å². The molecule has 8 nitrogen and oxygen atoms in total. The van der Waals surface area contributed by atoms with Gasteiger partial charge in [-0.05, 0) is 50.4 Å². The Hall–Kier alpha value is -2.12. The van der Waals surface area contributed by atoms with Crippen molar-refractivity contribution in [1.82, 2.24) is 10.6 Å². The van der Waals surface area contributed by atoms with E-state index in [2.05, 4.69) is 38.3 Å². The summed E-state index contributed by atoms with van der Waals surface area (Å²) in [5.41, 5.74) is 0. The molecule has 0 aliphatic heterocycles. The minimum absolute atomic E-state index is 0.0566. The molecule has 0 radical (unpaired) electrons. The molecule has 0 bridgehead atoms. The molecule has 0 spiro atoms. The van der Waals surface area contributed by atoms with Crippen LogP contribution >= 0.6 is 0 Å². The molecule has 0 heterocycles. The van der Waals surface area contributed by atoms with Gasteiger partial charge in [-0.25, -0.2) is 0 Å². The van der Waals surface area contributed by atoms with E-state index in [1.807, 2.05) is 0 Å². The second-order valence-electron chi connectivity index (χ2n) is 15.3. The lowest BCUT2D eigenvalue weighted by Gasteiger charge is -2.07. The Morgan fingerprint density at radius 3 is 0.880 bits per heavy atom. The summed E-state index contributed by atoms with van der Waals surface area (Å²) in [6.07, 6.45) is 29.5. The van der Waals surface area contributed by atoms with Gasteiger partial charge < -0.3 is 20.1 Å². The van der Waals surface area contributed by atoms with Gasteiger partial charge in [-0.2, -0.15) is 0 Å². The number of carbonyl (C=O) groups excluding carboxylic acids is 4. The number of rotatable bonds is 37. The van der Waals surface area contributed by atoms with Gasteiger partial charge in [0.2, 0.25) is 11.8 Å². The van der Waals surface area contributed by atoms with Crippen LogP contribution < -0.4 is 10.6 Å². The molecule has 0 saturated carbocycles. The fraction of sp³-hybridized carbons (Fsp3) is 0.905. The molecule has 294 valence electrons. The molecule has 0 rings (SSSR count). The molecule has 0 aromatic carbocycles. The van der Waals surface area contributed by atoms with Crippen LogP contribution in [0.4, 0.5) is 0 Å². The summed E-state index contributed by atoms with van der Waals surface area (Å²) >= 11 is 0. The van der Waals surface area contributed by atoms with Crippen LogP contribution in [0.2, 0.25) is 0 Å². The molecule has 50 heavy (non-hydrogen) atoms. The quantitative estimate of drug-likeness (QED) is 0.0491. The number of hydrogen-bond donors (Lipinski definition) is 2. The van der Waals surface area contributed by atoms with Gasteiger partial charge in [-0.3, -0.25) is 19.2 Å². The maximum absolute atomic E-state index is 12.1.